The maximum atomic E-state index is 6.13. The standard InChI is InChI=1S/C17H21ClN6O/c18-13-3-5-14(6-4-13)23-7-9-24(10-8-23)17(19)20-11-15-21-16(25-22-15)12-1-2-12/h3-6,12H,1-2,7-11H2,(H2,19,20). The van der Waals surface area contributed by atoms with Crippen LogP contribution in [-0.4, -0.2) is 47.2 Å². The third kappa shape index (κ3) is 3.87. The molecule has 25 heavy (non-hydrogen) atoms. The summed E-state index contributed by atoms with van der Waals surface area (Å²) >= 11 is 5.95. The second kappa shape index (κ2) is 6.92. The van der Waals surface area contributed by atoms with E-state index in [-0.39, 0.29) is 0 Å². The van der Waals surface area contributed by atoms with Crippen LogP contribution in [0, 0.1) is 0 Å². The van der Waals surface area contributed by atoms with Crippen molar-refractivity contribution in [1.29, 1.82) is 0 Å². The predicted octanol–water partition coefficient (Wildman–Crippen LogP) is 2.24. The molecule has 7 nitrogen and oxygen atoms in total. The molecule has 132 valence electrons. The molecule has 2 fully saturated rings. The first-order valence-corrected chi connectivity index (χ1v) is 8.95. The van der Waals surface area contributed by atoms with E-state index in [0.29, 0.717) is 24.2 Å². The van der Waals surface area contributed by atoms with Crippen molar-refractivity contribution in [3.05, 3.63) is 41.0 Å². The number of halogens is 1. The molecular formula is C17H21ClN6O. The number of hydrogen-bond donors (Lipinski definition) is 1. The third-order valence-electron chi connectivity index (χ3n) is 4.59. The van der Waals surface area contributed by atoms with E-state index in [4.69, 9.17) is 21.9 Å². The van der Waals surface area contributed by atoms with Crippen LogP contribution in [0.1, 0.15) is 30.5 Å². The smallest absolute Gasteiger partial charge is 0.229 e. The van der Waals surface area contributed by atoms with Gasteiger partial charge in [0, 0.05) is 42.8 Å². The fourth-order valence-corrected chi connectivity index (χ4v) is 3.05. The van der Waals surface area contributed by atoms with E-state index < -0.39 is 0 Å². The number of aliphatic imine (C=N–C) groups is 1. The highest BCUT2D eigenvalue weighted by Crippen LogP contribution is 2.38. The summed E-state index contributed by atoms with van der Waals surface area (Å²) < 4.78 is 5.24. The van der Waals surface area contributed by atoms with E-state index in [1.54, 1.807) is 0 Å². The van der Waals surface area contributed by atoms with E-state index in [9.17, 15) is 0 Å². The Kier molecular flexibility index (Phi) is 4.48. The molecule has 0 unspecified atom stereocenters. The van der Waals surface area contributed by atoms with E-state index in [1.807, 2.05) is 24.3 Å². The molecule has 0 amide bonds. The third-order valence-corrected chi connectivity index (χ3v) is 4.84. The first-order chi connectivity index (χ1) is 12.2. The number of nitrogens with two attached hydrogens (primary N) is 1. The van der Waals surface area contributed by atoms with E-state index in [1.165, 1.54) is 5.69 Å². The summed E-state index contributed by atoms with van der Waals surface area (Å²) in [6.45, 7) is 3.81. The Morgan fingerprint density at radius 3 is 2.60 bits per heavy atom. The summed E-state index contributed by atoms with van der Waals surface area (Å²) in [5.41, 5.74) is 7.31. The normalized spacial score (nSPS) is 18.7. The molecular weight excluding hydrogens is 340 g/mol. The molecule has 1 aliphatic heterocycles. The van der Waals surface area contributed by atoms with Crippen LogP contribution >= 0.6 is 11.6 Å². The van der Waals surface area contributed by atoms with Gasteiger partial charge < -0.3 is 20.1 Å². The summed E-state index contributed by atoms with van der Waals surface area (Å²) in [7, 11) is 0. The molecule has 2 N–H and O–H groups in total. The zero-order chi connectivity index (χ0) is 17.2. The largest absolute Gasteiger partial charge is 0.370 e. The van der Waals surface area contributed by atoms with Gasteiger partial charge in [0.2, 0.25) is 5.89 Å². The fraction of sp³-hybridized carbons (Fsp3) is 0.471. The van der Waals surface area contributed by atoms with Crippen LogP contribution in [0.15, 0.2) is 33.8 Å². The van der Waals surface area contributed by atoms with Crippen LogP contribution < -0.4 is 10.6 Å². The van der Waals surface area contributed by atoms with Gasteiger partial charge in [0.05, 0.1) is 0 Å². The van der Waals surface area contributed by atoms with Crippen molar-refractivity contribution in [3.63, 3.8) is 0 Å². The Bertz CT molecular complexity index is 747. The monoisotopic (exact) mass is 360 g/mol. The lowest BCUT2D eigenvalue weighted by Gasteiger charge is -2.36. The summed E-state index contributed by atoms with van der Waals surface area (Å²) in [6, 6.07) is 7.92. The molecule has 4 rings (SSSR count). The van der Waals surface area contributed by atoms with Crippen LogP contribution in [-0.2, 0) is 6.54 Å². The second-order valence-corrected chi connectivity index (χ2v) is 6.88. The fourth-order valence-electron chi connectivity index (χ4n) is 2.93. The lowest BCUT2D eigenvalue weighted by Crippen LogP contribution is -2.51. The van der Waals surface area contributed by atoms with Crippen molar-refractivity contribution in [3.8, 4) is 0 Å². The zero-order valence-corrected chi connectivity index (χ0v) is 14.7. The van der Waals surface area contributed by atoms with Crippen molar-refractivity contribution in [2.45, 2.75) is 25.3 Å². The molecule has 1 aliphatic carbocycles. The number of nitrogens with zero attached hydrogens (tertiary/aromatic N) is 5. The van der Waals surface area contributed by atoms with Gasteiger partial charge in [-0.05, 0) is 37.1 Å². The van der Waals surface area contributed by atoms with Gasteiger partial charge in [0.1, 0.15) is 6.54 Å². The Morgan fingerprint density at radius 1 is 1.20 bits per heavy atom. The average Bonchev–Trinajstić information content (AvgIpc) is 3.39. The highest BCUT2D eigenvalue weighted by atomic mass is 35.5. The van der Waals surface area contributed by atoms with Crippen LogP contribution in [0.25, 0.3) is 0 Å². The molecule has 1 aromatic carbocycles. The van der Waals surface area contributed by atoms with Crippen LogP contribution in [0.4, 0.5) is 5.69 Å². The maximum absolute atomic E-state index is 6.13. The first-order valence-electron chi connectivity index (χ1n) is 8.57. The number of piperazine rings is 1. The van der Waals surface area contributed by atoms with E-state index in [2.05, 4.69) is 24.9 Å². The number of rotatable bonds is 4. The topological polar surface area (TPSA) is 83.8 Å². The Morgan fingerprint density at radius 2 is 1.92 bits per heavy atom. The van der Waals surface area contributed by atoms with Gasteiger partial charge in [-0.1, -0.05) is 16.8 Å². The molecule has 1 saturated heterocycles. The van der Waals surface area contributed by atoms with Crippen molar-refractivity contribution >= 4 is 23.2 Å². The first kappa shape index (κ1) is 16.2. The minimum absolute atomic E-state index is 0.361. The van der Waals surface area contributed by atoms with E-state index in [0.717, 1.165) is 49.9 Å². The van der Waals surface area contributed by atoms with Crippen molar-refractivity contribution in [1.82, 2.24) is 15.0 Å². The molecule has 2 aliphatic rings. The van der Waals surface area contributed by atoms with Crippen LogP contribution in [0.3, 0.4) is 0 Å². The second-order valence-electron chi connectivity index (χ2n) is 6.45. The number of hydrogen-bond acceptors (Lipinski definition) is 5. The highest BCUT2D eigenvalue weighted by Gasteiger charge is 2.29. The lowest BCUT2D eigenvalue weighted by atomic mass is 10.2. The van der Waals surface area contributed by atoms with Gasteiger partial charge >= 0.3 is 0 Å². The van der Waals surface area contributed by atoms with Gasteiger partial charge in [-0.3, -0.25) is 0 Å². The summed E-state index contributed by atoms with van der Waals surface area (Å²) in [5, 5.41) is 4.72. The molecule has 0 spiro atoms. The predicted molar refractivity (Wildman–Crippen MR) is 96.8 cm³/mol. The molecule has 2 aromatic rings. The minimum Gasteiger partial charge on any atom is -0.370 e. The van der Waals surface area contributed by atoms with Crippen LogP contribution in [0.2, 0.25) is 5.02 Å². The molecule has 0 radical (unpaired) electrons. The SMILES string of the molecule is NC(=NCc1noc(C2CC2)n1)N1CCN(c2ccc(Cl)cc2)CC1. The highest BCUT2D eigenvalue weighted by molar-refractivity contribution is 6.30. The van der Waals surface area contributed by atoms with Gasteiger partial charge in [0.15, 0.2) is 11.8 Å². The maximum Gasteiger partial charge on any atom is 0.229 e. The van der Waals surface area contributed by atoms with Crippen molar-refractivity contribution in [2.24, 2.45) is 10.7 Å². The minimum atomic E-state index is 0.361. The molecule has 8 heteroatoms. The molecule has 2 heterocycles. The van der Waals surface area contributed by atoms with Crippen molar-refractivity contribution < 1.29 is 4.52 Å². The van der Waals surface area contributed by atoms with Crippen LogP contribution in [0.5, 0.6) is 0 Å². The van der Waals surface area contributed by atoms with Gasteiger partial charge in [0.25, 0.3) is 0 Å². The Balaban J connectivity index is 1.30. The molecule has 0 bridgehead atoms. The van der Waals surface area contributed by atoms with Gasteiger partial charge in [-0.25, -0.2) is 4.99 Å². The number of guanidine groups is 1. The summed E-state index contributed by atoms with van der Waals surface area (Å²) in [4.78, 5) is 13.2. The van der Waals surface area contributed by atoms with Gasteiger partial charge in [-0.2, -0.15) is 4.98 Å². The molecule has 0 atom stereocenters. The van der Waals surface area contributed by atoms with E-state index >= 15 is 0 Å². The lowest BCUT2D eigenvalue weighted by molar-refractivity contribution is 0.372. The zero-order valence-electron chi connectivity index (χ0n) is 13.9. The summed E-state index contributed by atoms with van der Waals surface area (Å²) in [6.07, 6.45) is 2.29. The average molecular weight is 361 g/mol. The number of aromatic nitrogens is 2. The number of anilines is 1. The van der Waals surface area contributed by atoms with Gasteiger partial charge in [-0.15, -0.1) is 0 Å². The molecule has 1 aromatic heterocycles. The van der Waals surface area contributed by atoms with Crippen molar-refractivity contribution in [2.75, 3.05) is 31.1 Å². The quantitative estimate of drug-likeness (QED) is 0.665. The molecule has 1 saturated carbocycles. The number of benzene rings is 1. The Labute approximate surface area is 151 Å². The Hall–Kier alpha value is -2.28. The summed E-state index contributed by atoms with van der Waals surface area (Å²) in [5.74, 6) is 2.34.